The highest BCUT2D eigenvalue weighted by Gasteiger charge is 2.24. The lowest BCUT2D eigenvalue weighted by molar-refractivity contribution is 0.360. The summed E-state index contributed by atoms with van der Waals surface area (Å²) in [6.45, 7) is 3.90. The van der Waals surface area contributed by atoms with Crippen molar-refractivity contribution in [2.75, 3.05) is 12.3 Å². The fourth-order valence-corrected chi connectivity index (χ4v) is 3.53. The Morgan fingerprint density at radius 2 is 2.00 bits per heavy atom. The predicted octanol–water partition coefficient (Wildman–Crippen LogP) is 1.58. The zero-order valence-corrected chi connectivity index (χ0v) is 12.1. The van der Waals surface area contributed by atoms with Crippen LogP contribution in [0.1, 0.15) is 25.8 Å². The van der Waals surface area contributed by atoms with Gasteiger partial charge >= 0.3 is 0 Å². The van der Waals surface area contributed by atoms with E-state index in [0.717, 1.165) is 5.56 Å². The average molecular weight is 281 g/mol. The maximum atomic E-state index is 12.3. The minimum absolute atomic E-state index is 0.0562. The van der Waals surface area contributed by atoms with Crippen LogP contribution in [0.15, 0.2) is 24.5 Å². The Hall–Kier alpha value is -1.45. The van der Waals surface area contributed by atoms with Gasteiger partial charge in [-0.05, 0) is 38.0 Å². The zero-order chi connectivity index (χ0) is 14.3. The Kier molecular flexibility index (Phi) is 5.93. The molecule has 0 atom stereocenters. The lowest BCUT2D eigenvalue weighted by Gasteiger charge is -2.24. The van der Waals surface area contributed by atoms with E-state index >= 15 is 0 Å². The van der Waals surface area contributed by atoms with E-state index in [-0.39, 0.29) is 24.8 Å². The standard InChI is InChI=1S/C13H19N3O2S/c1-12(2)16(10-3-7-14)19(17,18)11-6-13-4-8-15-9-5-13/h4-5,8-9,12H,3,6,10-11H2,1-2H3. The van der Waals surface area contributed by atoms with Crippen LogP contribution >= 0.6 is 0 Å². The first-order chi connectivity index (χ1) is 8.97. The molecule has 0 saturated heterocycles. The van der Waals surface area contributed by atoms with Crippen LogP contribution in [0, 0.1) is 11.3 Å². The maximum absolute atomic E-state index is 12.3. The Morgan fingerprint density at radius 1 is 1.37 bits per heavy atom. The van der Waals surface area contributed by atoms with Crippen LogP contribution in [0.4, 0.5) is 0 Å². The van der Waals surface area contributed by atoms with Crippen molar-refractivity contribution in [1.29, 1.82) is 5.26 Å². The monoisotopic (exact) mass is 281 g/mol. The van der Waals surface area contributed by atoms with Gasteiger partial charge in [-0.2, -0.15) is 9.57 Å². The summed E-state index contributed by atoms with van der Waals surface area (Å²) in [5.41, 5.74) is 0.947. The summed E-state index contributed by atoms with van der Waals surface area (Å²) in [5.74, 6) is 0.0562. The van der Waals surface area contributed by atoms with E-state index < -0.39 is 10.0 Å². The topological polar surface area (TPSA) is 74.1 Å². The summed E-state index contributed by atoms with van der Waals surface area (Å²) < 4.78 is 25.9. The molecule has 0 aliphatic carbocycles. The predicted molar refractivity (Wildman–Crippen MR) is 73.8 cm³/mol. The molecule has 0 fully saturated rings. The van der Waals surface area contributed by atoms with Crippen molar-refractivity contribution in [1.82, 2.24) is 9.29 Å². The van der Waals surface area contributed by atoms with E-state index in [1.165, 1.54) is 4.31 Å². The molecule has 5 nitrogen and oxygen atoms in total. The van der Waals surface area contributed by atoms with Crippen LogP contribution in [0.25, 0.3) is 0 Å². The van der Waals surface area contributed by atoms with Crippen LogP contribution in [0.3, 0.4) is 0 Å². The van der Waals surface area contributed by atoms with Gasteiger partial charge in [0, 0.05) is 31.4 Å². The van der Waals surface area contributed by atoms with Gasteiger partial charge < -0.3 is 0 Å². The van der Waals surface area contributed by atoms with Gasteiger partial charge in [-0.3, -0.25) is 4.98 Å². The fraction of sp³-hybridized carbons (Fsp3) is 0.538. The normalized spacial score (nSPS) is 11.7. The van der Waals surface area contributed by atoms with Gasteiger partial charge in [0.05, 0.1) is 11.8 Å². The minimum atomic E-state index is -3.33. The van der Waals surface area contributed by atoms with Gasteiger partial charge in [0.25, 0.3) is 0 Å². The number of aromatic nitrogens is 1. The molecule has 0 spiro atoms. The van der Waals surface area contributed by atoms with Crippen molar-refractivity contribution in [3.8, 4) is 6.07 Å². The van der Waals surface area contributed by atoms with E-state index in [4.69, 9.17) is 5.26 Å². The number of nitrogens with zero attached hydrogens (tertiary/aromatic N) is 3. The van der Waals surface area contributed by atoms with Gasteiger partial charge in [-0.1, -0.05) is 0 Å². The molecule has 0 aliphatic heterocycles. The molecule has 0 N–H and O–H groups in total. The molecule has 6 heteroatoms. The summed E-state index contributed by atoms with van der Waals surface area (Å²) in [7, 11) is -3.33. The highest BCUT2D eigenvalue weighted by molar-refractivity contribution is 7.89. The van der Waals surface area contributed by atoms with Gasteiger partial charge in [0.1, 0.15) is 0 Å². The first-order valence-corrected chi connectivity index (χ1v) is 7.83. The molecule has 19 heavy (non-hydrogen) atoms. The van der Waals surface area contributed by atoms with Crippen molar-refractivity contribution >= 4 is 10.0 Å². The second-order valence-corrected chi connectivity index (χ2v) is 6.58. The number of nitriles is 1. The largest absolute Gasteiger partial charge is 0.265 e. The summed E-state index contributed by atoms with van der Waals surface area (Å²) in [6, 6.07) is 5.48. The molecule has 0 unspecified atom stereocenters. The van der Waals surface area contributed by atoms with Crippen LogP contribution < -0.4 is 0 Å². The Labute approximate surface area is 114 Å². The second-order valence-electron chi connectivity index (χ2n) is 4.53. The third kappa shape index (κ3) is 4.97. The third-order valence-corrected chi connectivity index (χ3v) is 4.81. The van der Waals surface area contributed by atoms with Crippen molar-refractivity contribution < 1.29 is 8.42 Å². The van der Waals surface area contributed by atoms with E-state index in [1.54, 1.807) is 12.4 Å². The molecule has 1 aromatic heterocycles. The molecule has 1 heterocycles. The van der Waals surface area contributed by atoms with Crippen LogP contribution in [-0.2, 0) is 16.4 Å². The van der Waals surface area contributed by atoms with Crippen LogP contribution in [-0.4, -0.2) is 36.0 Å². The summed E-state index contributed by atoms with van der Waals surface area (Å²) >= 11 is 0. The summed E-state index contributed by atoms with van der Waals surface area (Å²) in [6.07, 6.45) is 3.98. The lowest BCUT2D eigenvalue weighted by Crippen LogP contribution is -2.39. The zero-order valence-electron chi connectivity index (χ0n) is 11.3. The number of hydrogen-bond donors (Lipinski definition) is 0. The first-order valence-electron chi connectivity index (χ1n) is 6.22. The van der Waals surface area contributed by atoms with Gasteiger partial charge in [-0.25, -0.2) is 8.42 Å². The maximum Gasteiger partial charge on any atom is 0.214 e. The van der Waals surface area contributed by atoms with Crippen LogP contribution in [0.2, 0.25) is 0 Å². The smallest absolute Gasteiger partial charge is 0.214 e. The molecule has 0 bridgehead atoms. The SMILES string of the molecule is CC(C)N(CCC#N)S(=O)(=O)CCc1ccncc1. The molecular weight excluding hydrogens is 262 g/mol. The number of aryl methyl sites for hydroxylation is 1. The van der Waals surface area contributed by atoms with Crippen molar-refractivity contribution in [3.63, 3.8) is 0 Å². The molecule has 1 rings (SSSR count). The Bertz CT molecular complexity index is 521. The summed E-state index contributed by atoms with van der Waals surface area (Å²) in [5, 5.41) is 8.59. The van der Waals surface area contributed by atoms with Crippen molar-refractivity contribution in [3.05, 3.63) is 30.1 Å². The third-order valence-electron chi connectivity index (χ3n) is 2.78. The van der Waals surface area contributed by atoms with E-state index in [2.05, 4.69) is 4.98 Å². The van der Waals surface area contributed by atoms with Gasteiger partial charge in [-0.15, -0.1) is 0 Å². The van der Waals surface area contributed by atoms with Crippen molar-refractivity contribution in [2.45, 2.75) is 32.7 Å². The molecule has 0 amide bonds. The number of rotatable bonds is 7. The minimum Gasteiger partial charge on any atom is -0.265 e. The fourth-order valence-electron chi connectivity index (χ4n) is 1.79. The molecular formula is C13H19N3O2S. The van der Waals surface area contributed by atoms with Gasteiger partial charge in [0.15, 0.2) is 0 Å². The van der Waals surface area contributed by atoms with Gasteiger partial charge in [0.2, 0.25) is 10.0 Å². The van der Waals surface area contributed by atoms with E-state index in [0.29, 0.717) is 6.42 Å². The van der Waals surface area contributed by atoms with Crippen molar-refractivity contribution in [2.24, 2.45) is 0 Å². The first kappa shape index (κ1) is 15.6. The number of hydrogen-bond acceptors (Lipinski definition) is 4. The molecule has 0 saturated carbocycles. The number of pyridine rings is 1. The second kappa shape index (κ2) is 7.22. The molecule has 104 valence electrons. The Morgan fingerprint density at radius 3 is 2.53 bits per heavy atom. The molecule has 0 radical (unpaired) electrons. The quantitative estimate of drug-likeness (QED) is 0.760. The summed E-state index contributed by atoms with van der Waals surface area (Å²) in [4.78, 5) is 3.90. The molecule has 0 aromatic carbocycles. The van der Waals surface area contributed by atoms with E-state index in [1.807, 2.05) is 32.0 Å². The highest BCUT2D eigenvalue weighted by atomic mass is 32.2. The molecule has 0 aliphatic rings. The van der Waals surface area contributed by atoms with Crippen LogP contribution in [0.5, 0.6) is 0 Å². The molecule has 1 aromatic rings. The van der Waals surface area contributed by atoms with E-state index in [9.17, 15) is 8.42 Å². The lowest BCUT2D eigenvalue weighted by atomic mass is 10.2. The Balaban J connectivity index is 2.70. The highest BCUT2D eigenvalue weighted by Crippen LogP contribution is 2.10. The average Bonchev–Trinajstić information content (AvgIpc) is 2.37. The number of sulfonamides is 1.